The van der Waals surface area contributed by atoms with Crippen LogP contribution in [0.25, 0.3) is 0 Å². The summed E-state index contributed by atoms with van der Waals surface area (Å²) < 4.78 is 0. The van der Waals surface area contributed by atoms with E-state index < -0.39 is 5.41 Å². The number of fused-ring (bicyclic) bond motifs is 3. The quantitative estimate of drug-likeness (QED) is 0.509. The number of hydrogen-bond donors (Lipinski definition) is 0. The van der Waals surface area contributed by atoms with Crippen molar-refractivity contribution in [3.8, 4) is 0 Å². The van der Waals surface area contributed by atoms with E-state index in [2.05, 4.69) is 33.8 Å². The second kappa shape index (κ2) is 6.37. The number of allylic oxidation sites excluding steroid dienone is 4. The summed E-state index contributed by atoms with van der Waals surface area (Å²) in [6.07, 6.45) is 1.45. The smallest absolute Gasteiger partial charge is 0.190 e. The molecule has 3 aliphatic carbocycles. The molecule has 3 aliphatic rings. The van der Waals surface area contributed by atoms with Crippen molar-refractivity contribution in [2.75, 3.05) is 0 Å². The monoisotopic (exact) mass is 418 g/mol. The number of carbonyl (C=O) groups is 3. The lowest BCUT2D eigenvalue weighted by Crippen LogP contribution is -2.57. The molecule has 4 rings (SSSR count). The van der Waals surface area contributed by atoms with Crippen LogP contribution in [0, 0.1) is 30.1 Å². The Labute approximate surface area is 186 Å². The third-order valence-corrected chi connectivity index (χ3v) is 9.29. The first-order valence-electron chi connectivity index (χ1n) is 11.3. The number of aryl methyl sites for hydroxylation is 2. The third kappa shape index (κ3) is 2.44. The summed E-state index contributed by atoms with van der Waals surface area (Å²) in [7, 11) is 0. The molecular weight excluding hydrogens is 384 g/mol. The lowest BCUT2D eigenvalue weighted by molar-refractivity contribution is -0.134. The Morgan fingerprint density at radius 2 is 1.58 bits per heavy atom. The number of rotatable bonds is 1. The van der Waals surface area contributed by atoms with Gasteiger partial charge in [0.1, 0.15) is 0 Å². The van der Waals surface area contributed by atoms with Gasteiger partial charge in [0.05, 0.1) is 11.0 Å². The summed E-state index contributed by atoms with van der Waals surface area (Å²) in [6, 6.07) is 4.14. The number of hydrogen-bond acceptors (Lipinski definition) is 3. The van der Waals surface area contributed by atoms with Gasteiger partial charge in [0.2, 0.25) is 0 Å². The van der Waals surface area contributed by atoms with Crippen LogP contribution < -0.4 is 0 Å². The summed E-state index contributed by atoms with van der Waals surface area (Å²) in [4.78, 5) is 40.3. The Morgan fingerprint density at radius 3 is 2.16 bits per heavy atom. The predicted molar refractivity (Wildman–Crippen MR) is 123 cm³/mol. The maximum atomic E-state index is 14.0. The van der Waals surface area contributed by atoms with E-state index in [-0.39, 0.29) is 34.1 Å². The van der Waals surface area contributed by atoms with Crippen molar-refractivity contribution >= 4 is 17.3 Å². The zero-order chi connectivity index (χ0) is 23.3. The van der Waals surface area contributed by atoms with Gasteiger partial charge in [-0.25, -0.2) is 0 Å². The van der Waals surface area contributed by atoms with E-state index in [0.29, 0.717) is 12.0 Å². The average Bonchev–Trinajstić information content (AvgIpc) is 2.64. The van der Waals surface area contributed by atoms with Gasteiger partial charge in [-0.05, 0) is 82.4 Å². The van der Waals surface area contributed by atoms with Crippen LogP contribution in [-0.4, -0.2) is 17.3 Å². The van der Waals surface area contributed by atoms with Crippen LogP contribution in [-0.2, 0) is 9.59 Å². The van der Waals surface area contributed by atoms with Gasteiger partial charge in [-0.2, -0.15) is 0 Å². The summed E-state index contributed by atoms with van der Waals surface area (Å²) in [5.41, 5.74) is 5.47. The Kier molecular flexibility index (Phi) is 4.50. The summed E-state index contributed by atoms with van der Waals surface area (Å²) in [6.45, 7) is 18.1. The number of carbonyl (C=O) groups excluding carboxylic acids is 3. The molecule has 0 N–H and O–H groups in total. The largest absolute Gasteiger partial charge is 0.294 e. The summed E-state index contributed by atoms with van der Waals surface area (Å²) in [5, 5.41) is 0. The average molecular weight is 419 g/mol. The molecule has 0 unspecified atom stereocenters. The topological polar surface area (TPSA) is 51.2 Å². The molecule has 0 fully saturated rings. The van der Waals surface area contributed by atoms with Crippen LogP contribution in [0.15, 0.2) is 34.4 Å². The summed E-state index contributed by atoms with van der Waals surface area (Å²) >= 11 is 0. The fourth-order valence-corrected chi connectivity index (χ4v) is 7.40. The van der Waals surface area contributed by atoms with Gasteiger partial charge in [0.25, 0.3) is 0 Å². The molecule has 0 aliphatic heterocycles. The van der Waals surface area contributed by atoms with Gasteiger partial charge in [-0.15, -0.1) is 0 Å². The number of ketones is 3. The highest BCUT2D eigenvalue weighted by Crippen LogP contribution is 2.68. The second-order valence-electron chi connectivity index (χ2n) is 11.0. The van der Waals surface area contributed by atoms with Crippen molar-refractivity contribution in [2.45, 2.75) is 81.1 Å². The lowest BCUT2D eigenvalue weighted by atomic mass is 9.41. The number of benzene rings is 1. The van der Waals surface area contributed by atoms with E-state index in [1.165, 1.54) is 6.92 Å². The molecule has 31 heavy (non-hydrogen) atoms. The Hall–Kier alpha value is -2.29. The Balaban J connectivity index is 2.08. The normalized spacial score (nSPS) is 35.1. The molecule has 0 saturated carbocycles. The molecule has 0 aromatic heterocycles. The van der Waals surface area contributed by atoms with Crippen molar-refractivity contribution in [3.63, 3.8) is 0 Å². The predicted octanol–water partition coefficient (Wildman–Crippen LogP) is 6.22. The molecule has 0 amide bonds. The molecule has 0 saturated heterocycles. The molecule has 3 nitrogen and oxygen atoms in total. The van der Waals surface area contributed by atoms with Crippen molar-refractivity contribution < 1.29 is 14.4 Å². The highest BCUT2D eigenvalue weighted by atomic mass is 16.2. The molecule has 4 atom stereocenters. The minimum Gasteiger partial charge on any atom is -0.294 e. The molecule has 0 radical (unpaired) electrons. The maximum absolute atomic E-state index is 14.0. The first-order valence-corrected chi connectivity index (χ1v) is 11.3. The Morgan fingerprint density at radius 1 is 1.00 bits per heavy atom. The zero-order valence-corrected chi connectivity index (χ0v) is 20.4. The van der Waals surface area contributed by atoms with Crippen molar-refractivity contribution in [1.82, 2.24) is 0 Å². The molecule has 0 heterocycles. The second-order valence-corrected chi connectivity index (χ2v) is 11.0. The molecule has 1 aromatic rings. The molecule has 1 aromatic carbocycles. The third-order valence-electron chi connectivity index (χ3n) is 9.29. The summed E-state index contributed by atoms with van der Waals surface area (Å²) in [5.74, 6) is -0.0383. The first kappa shape index (κ1) is 21.9. The lowest BCUT2D eigenvalue weighted by Gasteiger charge is -2.60. The van der Waals surface area contributed by atoms with Crippen LogP contribution in [0.2, 0.25) is 0 Å². The van der Waals surface area contributed by atoms with E-state index in [1.54, 1.807) is 0 Å². The van der Waals surface area contributed by atoms with E-state index >= 15 is 0 Å². The maximum Gasteiger partial charge on any atom is 0.190 e. The molecule has 0 spiro atoms. The van der Waals surface area contributed by atoms with E-state index in [4.69, 9.17) is 0 Å². The van der Waals surface area contributed by atoms with Gasteiger partial charge < -0.3 is 0 Å². The highest BCUT2D eigenvalue weighted by molar-refractivity contribution is 6.24. The van der Waals surface area contributed by atoms with Gasteiger partial charge >= 0.3 is 0 Å². The fraction of sp³-hybridized carbons (Fsp3) is 0.536. The minimum atomic E-state index is -0.854. The fourth-order valence-electron chi connectivity index (χ4n) is 7.40. The standard InChI is InChI=1S/C28H34O3/c1-14-10-11-15(2)22-20(14)17(4)27(8)13-26(7)12-16(3)21(19(6)29)25(31)28(26,9)18(5)23(27)24(22)30/h10-11,17H,12-13H2,1-9H3/t17-,26+,27+,28+/m1/s1. The van der Waals surface area contributed by atoms with Crippen LogP contribution in [0.3, 0.4) is 0 Å². The molecule has 0 bridgehead atoms. The van der Waals surface area contributed by atoms with Gasteiger partial charge in [-0.3, -0.25) is 14.4 Å². The molecular formula is C28H34O3. The molecule has 164 valence electrons. The molecule has 3 heteroatoms. The van der Waals surface area contributed by atoms with Crippen molar-refractivity contribution in [3.05, 3.63) is 56.7 Å². The van der Waals surface area contributed by atoms with Crippen molar-refractivity contribution in [2.24, 2.45) is 16.2 Å². The highest BCUT2D eigenvalue weighted by Gasteiger charge is 2.64. The van der Waals surface area contributed by atoms with Crippen LogP contribution >= 0.6 is 0 Å². The first-order chi connectivity index (χ1) is 14.2. The van der Waals surface area contributed by atoms with Gasteiger partial charge in [0, 0.05) is 16.6 Å². The van der Waals surface area contributed by atoms with E-state index in [9.17, 15) is 14.4 Å². The minimum absolute atomic E-state index is 0.0704. The van der Waals surface area contributed by atoms with Crippen LogP contribution in [0.1, 0.15) is 94.3 Å². The SMILES string of the molecule is CC(=O)C1=C(C)C[C@@]2(C)C[C@]3(C)C(=C(C)[C@@]2(C)C1=O)C(=O)c1c(C)ccc(C)c1[C@H]3C. The van der Waals surface area contributed by atoms with E-state index in [0.717, 1.165) is 45.4 Å². The Bertz CT molecular complexity index is 1150. The zero-order valence-electron chi connectivity index (χ0n) is 20.4. The number of Topliss-reactive ketones (excluding diaryl/α,β-unsaturated/α-hetero) is 3. The van der Waals surface area contributed by atoms with Crippen LogP contribution in [0.5, 0.6) is 0 Å². The van der Waals surface area contributed by atoms with Crippen LogP contribution in [0.4, 0.5) is 0 Å². The van der Waals surface area contributed by atoms with Crippen molar-refractivity contribution in [1.29, 1.82) is 0 Å². The van der Waals surface area contributed by atoms with Gasteiger partial charge in [-0.1, -0.05) is 44.1 Å². The van der Waals surface area contributed by atoms with E-state index in [1.807, 2.05) is 33.8 Å². The van der Waals surface area contributed by atoms with Gasteiger partial charge in [0.15, 0.2) is 17.3 Å².